The Labute approximate surface area is 203 Å². The molecule has 2 aromatic carbocycles. The lowest BCUT2D eigenvalue weighted by atomic mass is 10.1. The summed E-state index contributed by atoms with van der Waals surface area (Å²) in [5.41, 5.74) is -0.251. The van der Waals surface area contributed by atoms with E-state index in [4.69, 9.17) is 0 Å². The minimum absolute atomic E-state index is 0.0624. The number of nitrogens with one attached hydrogen (secondary N) is 3. The molecule has 0 aromatic heterocycles. The molecule has 5 N–H and O–H groups in total. The topological polar surface area (TPSA) is 199 Å². The van der Waals surface area contributed by atoms with Crippen LogP contribution in [0.4, 0.5) is 16.2 Å². The van der Waals surface area contributed by atoms with E-state index in [1.165, 1.54) is 38.4 Å². The number of anilines is 2. The molecule has 2 amide bonds. The Kier molecular flexibility index (Phi) is 8.64. The lowest BCUT2D eigenvalue weighted by molar-refractivity contribution is 0.252. The molecule has 0 saturated heterocycles. The van der Waals surface area contributed by atoms with Gasteiger partial charge in [-0.05, 0) is 42.3 Å². The lowest BCUT2D eigenvalue weighted by Gasteiger charge is -2.14. The van der Waals surface area contributed by atoms with Crippen LogP contribution < -0.4 is 15.4 Å². The number of benzene rings is 2. The first kappa shape index (κ1) is 28.2. The Hall–Kier alpha value is -3.02. The molecule has 0 atom stereocenters. The zero-order valence-corrected chi connectivity index (χ0v) is 21.2. The number of hydrogen-bond acceptors (Lipinski definition) is 7. The molecule has 2 rings (SSSR count). The van der Waals surface area contributed by atoms with Crippen LogP contribution in [0.3, 0.4) is 0 Å². The first-order valence-electron chi connectivity index (χ1n) is 9.71. The highest BCUT2D eigenvalue weighted by Crippen LogP contribution is 2.26. The molecule has 0 aliphatic carbocycles. The van der Waals surface area contributed by atoms with E-state index in [9.17, 15) is 39.2 Å². The minimum Gasteiger partial charge on any atom is -0.338 e. The van der Waals surface area contributed by atoms with Crippen molar-refractivity contribution in [2.75, 3.05) is 30.7 Å². The third kappa shape index (κ3) is 7.74. The van der Waals surface area contributed by atoms with Crippen molar-refractivity contribution >= 4 is 60.0 Å². The average Bonchev–Trinajstić information content (AvgIpc) is 2.71. The van der Waals surface area contributed by atoms with Crippen LogP contribution in [0, 0.1) is 0 Å². The van der Waals surface area contributed by atoms with Crippen LogP contribution in [0.25, 0.3) is 12.2 Å². The number of amides is 2. The van der Waals surface area contributed by atoms with Gasteiger partial charge in [-0.1, -0.05) is 24.3 Å². The fraction of sp³-hybridized carbons (Fsp3) is 0.211. The Balaban J connectivity index is 2.52. The predicted molar refractivity (Wildman–Crippen MR) is 130 cm³/mol. The SMILES string of the molecule is CCNC(=O)Nc1ccc(/C=C/c2ccc(NS(=O)(=O)N(C)C)cc2S(=O)(=O)O)c(S(=O)(=O)O)c1. The summed E-state index contributed by atoms with van der Waals surface area (Å²) in [6.07, 6.45) is 2.31. The Morgan fingerprint density at radius 2 is 1.31 bits per heavy atom. The molecule has 0 heterocycles. The van der Waals surface area contributed by atoms with E-state index >= 15 is 0 Å². The monoisotopic (exact) mass is 548 g/mol. The zero-order chi connectivity index (χ0) is 26.6. The van der Waals surface area contributed by atoms with Gasteiger partial charge in [0.2, 0.25) is 0 Å². The predicted octanol–water partition coefficient (Wildman–Crippen LogP) is 1.71. The number of hydrogen-bond donors (Lipinski definition) is 5. The standard InChI is InChI=1S/C19H24N4O9S3/c1-4-20-19(24)21-15-9-7-13(17(11-15)33(25,26)27)5-6-14-8-10-16(12-18(14)34(28,29)30)22-35(31,32)23(2)3/h5-12,22H,4H2,1-3H3,(H2,20,21,24)(H,25,26,27)(H,28,29,30)/b6-5+. The van der Waals surface area contributed by atoms with Crippen LogP contribution >= 0.6 is 0 Å². The number of nitrogens with zero attached hydrogens (tertiary/aromatic N) is 1. The van der Waals surface area contributed by atoms with E-state index in [0.29, 0.717) is 6.54 Å². The van der Waals surface area contributed by atoms with Gasteiger partial charge in [0.1, 0.15) is 9.79 Å². The summed E-state index contributed by atoms with van der Waals surface area (Å²) < 4.78 is 93.8. The lowest BCUT2D eigenvalue weighted by Crippen LogP contribution is -2.29. The molecule has 0 radical (unpaired) electrons. The van der Waals surface area contributed by atoms with Crippen molar-refractivity contribution in [1.29, 1.82) is 0 Å². The summed E-state index contributed by atoms with van der Waals surface area (Å²) in [7, 11) is -11.0. The van der Waals surface area contributed by atoms with Gasteiger partial charge in [0.05, 0.1) is 5.69 Å². The van der Waals surface area contributed by atoms with Gasteiger partial charge in [-0.15, -0.1) is 0 Å². The Morgan fingerprint density at radius 1 is 0.857 bits per heavy atom. The first-order valence-corrected chi connectivity index (χ1v) is 14.0. The van der Waals surface area contributed by atoms with E-state index in [1.807, 2.05) is 0 Å². The van der Waals surface area contributed by atoms with Gasteiger partial charge in [-0.2, -0.15) is 29.6 Å². The molecule has 192 valence electrons. The largest absolute Gasteiger partial charge is 0.338 e. The molecule has 0 aliphatic heterocycles. The quantitative estimate of drug-likeness (QED) is 0.228. The molecule has 35 heavy (non-hydrogen) atoms. The van der Waals surface area contributed by atoms with E-state index in [0.717, 1.165) is 28.6 Å². The highest BCUT2D eigenvalue weighted by atomic mass is 32.2. The van der Waals surface area contributed by atoms with E-state index in [2.05, 4.69) is 15.4 Å². The van der Waals surface area contributed by atoms with Crippen molar-refractivity contribution in [3.63, 3.8) is 0 Å². The first-order chi connectivity index (χ1) is 16.0. The third-order valence-electron chi connectivity index (χ3n) is 4.35. The number of carbonyl (C=O) groups is 1. The van der Waals surface area contributed by atoms with Crippen LogP contribution in [-0.2, 0) is 30.4 Å². The average molecular weight is 549 g/mol. The molecule has 13 nitrogen and oxygen atoms in total. The van der Waals surface area contributed by atoms with Gasteiger partial charge < -0.3 is 10.6 Å². The van der Waals surface area contributed by atoms with Crippen molar-refractivity contribution in [3.8, 4) is 0 Å². The van der Waals surface area contributed by atoms with Gasteiger partial charge in [0, 0.05) is 26.3 Å². The second kappa shape index (κ2) is 10.7. The zero-order valence-electron chi connectivity index (χ0n) is 18.8. The normalized spacial score (nSPS) is 12.6. The smallest absolute Gasteiger partial charge is 0.319 e. The van der Waals surface area contributed by atoms with Gasteiger partial charge >= 0.3 is 16.2 Å². The summed E-state index contributed by atoms with van der Waals surface area (Å²) in [6, 6.07) is 6.33. The summed E-state index contributed by atoms with van der Waals surface area (Å²) in [4.78, 5) is 10.4. The number of urea groups is 1. The van der Waals surface area contributed by atoms with Crippen LogP contribution in [0.5, 0.6) is 0 Å². The second-order valence-corrected chi connectivity index (χ2v) is 11.8. The molecule has 2 aromatic rings. The van der Waals surface area contributed by atoms with Crippen LogP contribution in [0.2, 0.25) is 0 Å². The summed E-state index contributed by atoms with van der Waals surface area (Å²) in [5, 5.41) is 4.85. The van der Waals surface area contributed by atoms with Crippen LogP contribution in [-0.4, -0.2) is 65.3 Å². The molecule has 0 saturated carbocycles. The molecular weight excluding hydrogens is 524 g/mol. The highest BCUT2D eigenvalue weighted by molar-refractivity contribution is 7.90. The van der Waals surface area contributed by atoms with Crippen molar-refractivity contribution in [3.05, 3.63) is 47.5 Å². The fourth-order valence-electron chi connectivity index (χ4n) is 2.69. The number of rotatable bonds is 9. The van der Waals surface area contributed by atoms with Gasteiger partial charge in [-0.25, -0.2) is 4.79 Å². The third-order valence-corrected chi connectivity index (χ3v) is 7.62. The maximum absolute atomic E-state index is 12.0. The number of carbonyl (C=O) groups excluding carboxylic acids is 1. The molecule has 16 heteroatoms. The summed E-state index contributed by atoms with van der Waals surface area (Å²) in [6.45, 7) is 2.00. The molecule has 0 unspecified atom stereocenters. The van der Waals surface area contributed by atoms with Crippen molar-refractivity contribution in [2.24, 2.45) is 0 Å². The van der Waals surface area contributed by atoms with Crippen molar-refractivity contribution in [2.45, 2.75) is 16.7 Å². The second-order valence-electron chi connectivity index (χ2n) is 7.16. The van der Waals surface area contributed by atoms with Gasteiger partial charge in [0.25, 0.3) is 20.2 Å². The van der Waals surface area contributed by atoms with E-state index in [-0.39, 0.29) is 22.5 Å². The molecule has 0 fully saturated rings. The summed E-state index contributed by atoms with van der Waals surface area (Å²) >= 11 is 0. The van der Waals surface area contributed by atoms with Crippen LogP contribution in [0.15, 0.2) is 46.2 Å². The van der Waals surface area contributed by atoms with Crippen LogP contribution in [0.1, 0.15) is 18.1 Å². The highest BCUT2D eigenvalue weighted by Gasteiger charge is 2.20. The Bertz CT molecular complexity index is 1470. The summed E-state index contributed by atoms with van der Waals surface area (Å²) in [5.74, 6) is 0. The van der Waals surface area contributed by atoms with Crippen molar-refractivity contribution in [1.82, 2.24) is 9.62 Å². The van der Waals surface area contributed by atoms with E-state index in [1.54, 1.807) is 6.92 Å². The fourth-order valence-corrected chi connectivity index (χ4v) is 4.71. The minimum atomic E-state index is -4.82. The van der Waals surface area contributed by atoms with Gasteiger partial charge in [-0.3, -0.25) is 13.8 Å². The van der Waals surface area contributed by atoms with E-state index < -0.39 is 46.3 Å². The molecular formula is C19H24N4O9S3. The van der Waals surface area contributed by atoms with Crippen molar-refractivity contribution < 1.29 is 39.2 Å². The molecule has 0 spiro atoms. The maximum atomic E-state index is 12.0. The van der Waals surface area contributed by atoms with Gasteiger partial charge in [0.15, 0.2) is 0 Å². The Morgan fingerprint density at radius 3 is 1.74 bits per heavy atom. The maximum Gasteiger partial charge on any atom is 0.319 e. The molecule has 0 aliphatic rings. The molecule has 0 bridgehead atoms.